The summed E-state index contributed by atoms with van der Waals surface area (Å²) in [5.41, 5.74) is -0.866. The maximum Gasteiger partial charge on any atom is 0.234 e. The van der Waals surface area contributed by atoms with E-state index in [9.17, 15) is 9.90 Å². The third kappa shape index (κ3) is 3.29. The van der Waals surface area contributed by atoms with Crippen LogP contribution in [0, 0.1) is 5.92 Å². The van der Waals surface area contributed by atoms with Gasteiger partial charge < -0.3 is 15.0 Å². The molecule has 0 aromatic carbocycles. The average Bonchev–Trinajstić information content (AvgIpc) is 3.13. The van der Waals surface area contributed by atoms with Crippen molar-refractivity contribution in [2.45, 2.75) is 82.0 Å². The molecule has 1 aromatic rings. The van der Waals surface area contributed by atoms with Crippen molar-refractivity contribution in [3.8, 4) is 0 Å². The lowest BCUT2D eigenvalue weighted by Crippen LogP contribution is -2.54. The van der Waals surface area contributed by atoms with E-state index >= 15 is 0 Å². The Kier molecular flexibility index (Phi) is 4.82. The highest BCUT2D eigenvalue weighted by atomic mass is 16.3. The summed E-state index contributed by atoms with van der Waals surface area (Å²) in [5.74, 6) is 1.50. The van der Waals surface area contributed by atoms with Crippen LogP contribution in [-0.4, -0.2) is 50.1 Å². The lowest BCUT2D eigenvalue weighted by Gasteiger charge is -2.43. The number of fused-ring (bicyclic) bond motifs is 2. The topological polar surface area (TPSA) is 70.4 Å². The van der Waals surface area contributed by atoms with Crippen LogP contribution in [0.25, 0.3) is 0 Å². The van der Waals surface area contributed by atoms with Gasteiger partial charge in [-0.25, -0.2) is 4.98 Å². The van der Waals surface area contributed by atoms with Crippen LogP contribution in [0.3, 0.4) is 0 Å². The Hall–Kier alpha value is -1.40. The van der Waals surface area contributed by atoms with Crippen molar-refractivity contribution in [3.63, 3.8) is 0 Å². The third-order valence-electron chi connectivity index (χ3n) is 6.94. The summed E-state index contributed by atoms with van der Waals surface area (Å²) in [6, 6.07) is 0.873. The van der Waals surface area contributed by atoms with Crippen molar-refractivity contribution >= 4 is 5.91 Å². The standard InChI is InChI=1S/C20H32N4O2/c1-14-5-3-4-6-17(14)22-18(25)13-24-15-7-8-16(24)12-20(26,11-15)19-21-9-10-23(19)2/h9-10,14-17,26H,3-8,11-13H2,1-2H3,(H,22,25)/t14-,15-,16-,17-/m1/s1. The van der Waals surface area contributed by atoms with E-state index in [2.05, 4.69) is 22.1 Å². The number of piperidine rings is 1. The first-order chi connectivity index (χ1) is 12.5. The molecular weight excluding hydrogens is 328 g/mol. The molecule has 144 valence electrons. The number of imidazole rings is 1. The SMILES string of the molecule is C[C@@H]1CCCC[C@H]1NC(=O)CN1[C@@H]2CC[C@@H]1CC(O)(c1nccn1C)C2. The van der Waals surface area contributed by atoms with Gasteiger partial charge in [-0.3, -0.25) is 9.69 Å². The molecule has 4 rings (SSSR count). The number of nitrogens with one attached hydrogen (secondary N) is 1. The number of aromatic nitrogens is 2. The molecule has 2 N–H and O–H groups in total. The van der Waals surface area contributed by atoms with Gasteiger partial charge in [0.25, 0.3) is 0 Å². The molecule has 2 bridgehead atoms. The van der Waals surface area contributed by atoms with E-state index in [0.29, 0.717) is 31.3 Å². The molecule has 1 aromatic heterocycles. The van der Waals surface area contributed by atoms with Gasteiger partial charge >= 0.3 is 0 Å². The number of rotatable bonds is 4. The minimum Gasteiger partial charge on any atom is -0.382 e. The Morgan fingerprint density at radius 1 is 1.27 bits per heavy atom. The summed E-state index contributed by atoms with van der Waals surface area (Å²) in [6.07, 6.45) is 11.9. The molecule has 26 heavy (non-hydrogen) atoms. The first-order valence-electron chi connectivity index (χ1n) is 10.2. The lowest BCUT2D eigenvalue weighted by atomic mass is 9.85. The normalized spacial score (nSPS) is 37.7. The van der Waals surface area contributed by atoms with Crippen LogP contribution >= 0.6 is 0 Å². The van der Waals surface area contributed by atoms with Crippen molar-refractivity contribution in [2.24, 2.45) is 13.0 Å². The monoisotopic (exact) mass is 360 g/mol. The van der Waals surface area contributed by atoms with Crippen molar-refractivity contribution in [3.05, 3.63) is 18.2 Å². The maximum atomic E-state index is 12.7. The molecule has 6 nitrogen and oxygen atoms in total. The summed E-state index contributed by atoms with van der Waals surface area (Å²) < 4.78 is 1.92. The predicted octanol–water partition coefficient (Wildman–Crippen LogP) is 1.93. The van der Waals surface area contributed by atoms with Crippen LogP contribution in [0.2, 0.25) is 0 Å². The fourth-order valence-corrected chi connectivity index (χ4v) is 5.52. The maximum absolute atomic E-state index is 12.7. The molecule has 4 atom stereocenters. The zero-order chi connectivity index (χ0) is 18.3. The molecule has 2 aliphatic heterocycles. The lowest BCUT2D eigenvalue weighted by molar-refractivity contribution is -0.127. The van der Waals surface area contributed by atoms with E-state index in [-0.39, 0.29) is 18.0 Å². The number of aliphatic hydroxyl groups is 1. The molecule has 3 fully saturated rings. The third-order valence-corrected chi connectivity index (χ3v) is 6.94. The number of aryl methyl sites for hydroxylation is 1. The van der Waals surface area contributed by atoms with Gasteiger partial charge in [0, 0.05) is 37.6 Å². The second-order valence-corrected chi connectivity index (χ2v) is 8.79. The summed E-state index contributed by atoms with van der Waals surface area (Å²) in [7, 11) is 1.94. The zero-order valence-electron chi connectivity index (χ0n) is 16.0. The zero-order valence-corrected chi connectivity index (χ0v) is 16.0. The van der Waals surface area contributed by atoms with Crippen molar-refractivity contribution in [1.82, 2.24) is 19.8 Å². The number of hydrogen-bond acceptors (Lipinski definition) is 4. The molecule has 2 saturated heterocycles. The molecule has 6 heteroatoms. The van der Waals surface area contributed by atoms with Crippen LogP contribution in [-0.2, 0) is 17.4 Å². The summed E-state index contributed by atoms with van der Waals surface area (Å²) in [6.45, 7) is 2.72. The van der Waals surface area contributed by atoms with Crippen LogP contribution in [0.1, 0.15) is 64.1 Å². The average molecular weight is 361 g/mol. The molecule has 3 heterocycles. The van der Waals surface area contributed by atoms with Crippen LogP contribution in [0.15, 0.2) is 12.4 Å². The van der Waals surface area contributed by atoms with Gasteiger partial charge in [0.05, 0.1) is 6.54 Å². The van der Waals surface area contributed by atoms with Gasteiger partial charge in [-0.1, -0.05) is 19.8 Å². The van der Waals surface area contributed by atoms with Crippen LogP contribution < -0.4 is 5.32 Å². The van der Waals surface area contributed by atoms with Gasteiger partial charge in [-0.05, 0) is 44.4 Å². The van der Waals surface area contributed by atoms with E-state index in [1.807, 2.05) is 17.8 Å². The van der Waals surface area contributed by atoms with E-state index < -0.39 is 5.60 Å². The second kappa shape index (κ2) is 6.97. The van der Waals surface area contributed by atoms with E-state index in [1.165, 1.54) is 19.3 Å². The minimum atomic E-state index is -0.866. The highest BCUT2D eigenvalue weighted by Gasteiger charge is 2.50. The van der Waals surface area contributed by atoms with Crippen molar-refractivity contribution < 1.29 is 9.90 Å². The summed E-state index contributed by atoms with van der Waals surface area (Å²) in [5, 5.41) is 14.5. The number of carbonyl (C=O) groups excluding carboxylic acids is 1. The highest BCUT2D eigenvalue weighted by Crippen LogP contribution is 2.44. The van der Waals surface area contributed by atoms with Gasteiger partial charge in [-0.15, -0.1) is 0 Å². The first kappa shape index (κ1) is 18.0. The molecule has 1 amide bonds. The van der Waals surface area contributed by atoms with Gasteiger partial charge in [-0.2, -0.15) is 0 Å². The Morgan fingerprint density at radius 3 is 2.58 bits per heavy atom. The Morgan fingerprint density at radius 2 is 1.96 bits per heavy atom. The van der Waals surface area contributed by atoms with Crippen molar-refractivity contribution in [2.75, 3.05) is 6.54 Å². The summed E-state index contributed by atoms with van der Waals surface area (Å²) >= 11 is 0. The molecule has 0 spiro atoms. The molecule has 1 aliphatic carbocycles. The smallest absolute Gasteiger partial charge is 0.234 e. The Balaban J connectivity index is 1.39. The molecule has 3 aliphatic rings. The molecule has 1 saturated carbocycles. The Labute approximate surface area is 156 Å². The highest BCUT2D eigenvalue weighted by molar-refractivity contribution is 5.78. The van der Waals surface area contributed by atoms with E-state index in [1.54, 1.807) is 6.20 Å². The number of nitrogens with zero attached hydrogens (tertiary/aromatic N) is 3. The fourth-order valence-electron chi connectivity index (χ4n) is 5.52. The minimum absolute atomic E-state index is 0.156. The first-order valence-corrected chi connectivity index (χ1v) is 10.2. The largest absolute Gasteiger partial charge is 0.382 e. The van der Waals surface area contributed by atoms with Crippen LogP contribution in [0.4, 0.5) is 0 Å². The number of amides is 1. The van der Waals surface area contributed by atoms with Crippen molar-refractivity contribution in [1.29, 1.82) is 0 Å². The van der Waals surface area contributed by atoms with Crippen LogP contribution in [0.5, 0.6) is 0 Å². The molecule has 0 radical (unpaired) electrons. The summed E-state index contributed by atoms with van der Waals surface area (Å²) in [4.78, 5) is 19.4. The predicted molar refractivity (Wildman–Crippen MR) is 99.4 cm³/mol. The fraction of sp³-hybridized carbons (Fsp3) is 0.800. The van der Waals surface area contributed by atoms with Gasteiger partial charge in [0.2, 0.25) is 5.91 Å². The number of carbonyl (C=O) groups is 1. The van der Waals surface area contributed by atoms with Gasteiger partial charge in [0.15, 0.2) is 0 Å². The Bertz CT molecular complexity index is 644. The van der Waals surface area contributed by atoms with Gasteiger partial charge in [0.1, 0.15) is 11.4 Å². The number of hydrogen-bond donors (Lipinski definition) is 2. The molecule has 0 unspecified atom stereocenters. The molecular formula is C20H32N4O2. The van der Waals surface area contributed by atoms with E-state index in [4.69, 9.17) is 0 Å². The second-order valence-electron chi connectivity index (χ2n) is 8.79. The quantitative estimate of drug-likeness (QED) is 0.861. The van der Waals surface area contributed by atoms with E-state index in [0.717, 1.165) is 25.1 Å².